The predicted octanol–water partition coefficient (Wildman–Crippen LogP) is 3.86. The number of carbonyl (C=O) groups is 1. The molecule has 0 aliphatic rings. The number of nitrogens with zero attached hydrogens (tertiary/aromatic N) is 4. The number of anilines is 1. The smallest absolute Gasteiger partial charge is 0.322 e. The van der Waals surface area contributed by atoms with Crippen molar-refractivity contribution in [2.45, 2.75) is 11.8 Å². The Morgan fingerprint density at radius 3 is 2.42 bits per heavy atom. The molecule has 4 aromatic rings. The summed E-state index contributed by atoms with van der Waals surface area (Å²) in [6.45, 7) is 1.60. The summed E-state index contributed by atoms with van der Waals surface area (Å²) in [4.78, 5) is 13.0. The zero-order chi connectivity index (χ0) is 23.8. The van der Waals surface area contributed by atoms with Gasteiger partial charge in [-0.15, -0.1) is 5.10 Å². The maximum absolute atomic E-state index is 12.9. The number of aromatic nitrogens is 3. The number of benzene rings is 2. The molecule has 0 aliphatic heterocycles. The van der Waals surface area contributed by atoms with E-state index in [2.05, 4.69) is 20.7 Å². The van der Waals surface area contributed by atoms with Gasteiger partial charge in [0.25, 0.3) is 5.91 Å². The average molecular weight is 488 g/mol. The highest BCUT2D eigenvalue weighted by Gasteiger charge is 2.25. The minimum atomic E-state index is -3.56. The standard InChI is InChI=1S/C21H18ClN5O5S/c1-12-17(18(26-32-12)15-6-4-5-7-16(15)22)19(28)23-21-25-24-20(31-21)13-8-10-14(11-9-13)33(29,30)27(2)3/h4-11H,1-3H3,(H,23,25,28). The minimum absolute atomic E-state index is 0.104. The monoisotopic (exact) mass is 487 g/mol. The predicted molar refractivity (Wildman–Crippen MR) is 120 cm³/mol. The van der Waals surface area contributed by atoms with Crippen LogP contribution in [-0.2, 0) is 10.0 Å². The van der Waals surface area contributed by atoms with Crippen LogP contribution >= 0.6 is 11.6 Å². The SMILES string of the molecule is Cc1onc(-c2ccccc2Cl)c1C(=O)Nc1nnc(-c2ccc(S(=O)(=O)N(C)C)cc2)o1. The fourth-order valence-corrected chi connectivity index (χ4v) is 4.13. The molecule has 10 nitrogen and oxygen atoms in total. The first-order chi connectivity index (χ1) is 15.7. The molecule has 2 aromatic heterocycles. The van der Waals surface area contributed by atoms with Gasteiger partial charge in [-0.1, -0.05) is 40.1 Å². The Morgan fingerprint density at radius 2 is 1.76 bits per heavy atom. The molecular weight excluding hydrogens is 470 g/mol. The first kappa shape index (κ1) is 22.6. The van der Waals surface area contributed by atoms with Crippen LogP contribution < -0.4 is 5.32 Å². The van der Waals surface area contributed by atoms with Crippen molar-refractivity contribution >= 4 is 33.5 Å². The maximum atomic E-state index is 12.9. The van der Waals surface area contributed by atoms with Crippen LogP contribution in [0.4, 0.5) is 6.01 Å². The largest absolute Gasteiger partial charge is 0.403 e. The first-order valence-corrected chi connectivity index (χ1v) is 11.4. The zero-order valence-corrected chi connectivity index (χ0v) is 19.3. The van der Waals surface area contributed by atoms with E-state index < -0.39 is 15.9 Å². The van der Waals surface area contributed by atoms with Crippen LogP contribution in [0.3, 0.4) is 0 Å². The Balaban J connectivity index is 1.56. The van der Waals surface area contributed by atoms with Gasteiger partial charge in [0.2, 0.25) is 15.9 Å². The van der Waals surface area contributed by atoms with Crippen molar-refractivity contribution in [1.82, 2.24) is 19.7 Å². The third kappa shape index (κ3) is 4.38. The van der Waals surface area contributed by atoms with E-state index in [-0.39, 0.29) is 28.1 Å². The lowest BCUT2D eigenvalue weighted by atomic mass is 10.1. The van der Waals surface area contributed by atoms with E-state index in [0.29, 0.717) is 21.9 Å². The second-order valence-electron chi connectivity index (χ2n) is 7.12. The summed E-state index contributed by atoms with van der Waals surface area (Å²) in [5.41, 5.74) is 1.49. The molecule has 170 valence electrons. The molecule has 0 saturated carbocycles. The number of amides is 1. The minimum Gasteiger partial charge on any atom is -0.403 e. The van der Waals surface area contributed by atoms with E-state index in [0.717, 1.165) is 4.31 Å². The van der Waals surface area contributed by atoms with Gasteiger partial charge in [-0.2, -0.15) is 0 Å². The molecule has 2 aromatic carbocycles. The Bertz CT molecular complexity index is 1430. The lowest BCUT2D eigenvalue weighted by Crippen LogP contribution is -2.22. The molecule has 1 amide bonds. The van der Waals surface area contributed by atoms with Gasteiger partial charge in [-0.3, -0.25) is 10.1 Å². The Labute approximate surface area is 194 Å². The second kappa shape index (κ2) is 8.77. The van der Waals surface area contributed by atoms with Crippen LogP contribution in [0, 0.1) is 6.92 Å². The highest BCUT2D eigenvalue weighted by molar-refractivity contribution is 7.89. The van der Waals surface area contributed by atoms with E-state index >= 15 is 0 Å². The Hall–Kier alpha value is -3.54. The summed E-state index contributed by atoms with van der Waals surface area (Å²) in [6, 6.07) is 12.7. The number of hydrogen-bond acceptors (Lipinski definition) is 8. The molecule has 1 N–H and O–H groups in total. The van der Waals surface area contributed by atoms with E-state index in [9.17, 15) is 13.2 Å². The normalized spacial score (nSPS) is 11.7. The summed E-state index contributed by atoms with van der Waals surface area (Å²) >= 11 is 6.24. The number of aryl methyl sites for hydroxylation is 1. The molecule has 2 heterocycles. The number of hydrogen-bond donors (Lipinski definition) is 1. The summed E-state index contributed by atoms with van der Waals surface area (Å²) in [6.07, 6.45) is 0. The number of sulfonamides is 1. The van der Waals surface area contributed by atoms with Crippen LogP contribution in [0.1, 0.15) is 16.1 Å². The van der Waals surface area contributed by atoms with E-state index in [1.165, 1.54) is 38.4 Å². The first-order valence-electron chi connectivity index (χ1n) is 9.57. The molecule has 0 spiro atoms. The topological polar surface area (TPSA) is 131 Å². The molecule has 33 heavy (non-hydrogen) atoms. The summed E-state index contributed by atoms with van der Waals surface area (Å²) in [5, 5.41) is 14.7. The van der Waals surface area contributed by atoms with Gasteiger partial charge < -0.3 is 8.94 Å². The number of halogens is 1. The Morgan fingerprint density at radius 1 is 1.06 bits per heavy atom. The van der Waals surface area contributed by atoms with Crippen molar-refractivity contribution in [3.05, 3.63) is 64.9 Å². The third-order valence-corrected chi connectivity index (χ3v) is 6.90. The maximum Gasteiger partial charge on any atom is 0.322 e. The van der Waals surface area contributed by atoms with Crippen LogP contribution in [0.2, 0.25) is 5.02 Å². The molecule has 12 heteroatoms. The lowest BCUT2D eigenvalue weighted by Gasteiger charge is -2.11. The van der Waals surface area contributed by atoms with Crippen molar-refractivity contribution < 1.29 is 22.2 Å². The van der Waals surface area contributed by atoms with Crippen LogP contribution in [0.25, 0.3) is 22.7 Å². The summed E-state index contributed by atoms with van der Waals surface area (Å²) in [7, 11) is -0.662. The van der Waals surface area contributed by atoms with Gasteiger partial charge >= 0.3 is 6.01 Å². The van der Waals surface area contributed by atoms with Crippen LogP contribution in [-0.4, -0.2) is 48.1 Å². The van der Waals surface area contributed by atoms with Crippen molar-refractivity contribution in [1.29, 1.82) is 0 Å². The van der Waals surface area contributed by atoms with E-state index in [1.54, 1.807) is 31.2 Å². The molecule has 0 atom stereocenters. The van der Waals surface area contributed by atoms with Crippen LogP contribution in [0.5, 0.6) is 0 Å². The third-order valence-electron chi connectivity index (χ3n) is 4.74. The zero-order valence-electron chi connectivity index (χ0n) is 17.7. The van der Waals surface area contributed by atoms with Crippen LogP contribution in [0.15, 0.2) is 62.4 Å². The Kier molecular flexibility index (Phi) is 6.02. The lowest BCUT2D eigenvalue weighted by molar-refractivity contribution is 0.102. The van der Waals surface area contributed by atoms with Crippen molar-refractivity contribution in [3.63, 3.8) is 0 Å². The highest BCUT2D eigenvalue weighted by Crippen LogP contribution is 2.31. The molecule has 4 rings (SSSR count). The fourth-order valence-electron chi connectivity index (χ4n) is 3.01. The van der Waals surface area contributed by atoms with E-state index in [1.807, 2.05) is 0 Å². The second-order valence-corrected chi connectivity index (χ2v) is 9.68. The number of nitrogens with one attached hydrogen (secondary N) is 1. The summed E-state index contributed by atoms with van der Waals surface area (Å²) < 4.78 is 36.3. The number of carbonyl (C=O) groups excluding carboxylic acids is 1. The fraction of sp³-hybridized carbons (Fsp3) is 0.143. The molecule has 0 bridgehead atoms. The average Bonchev–Trinajstić information content (AvgIpc) is 3.40. The van der Waals surface area contributed by atoms with Crippen molar-refractivity contribution in [3.8, 4) is 22.7 Å². The summed E-state index contributed by atoms with van der Waals surface area (Å²) in [5.74, 6) is -0.168. The van der Waals surface area contributed by atoms with Gasteiger partial charge in [0.05, 0.1) is 9.92 Å². The van der Waals surface area contributed by atoms with Gasteiger partial charge in [0, 0.05) is 25.2 Å². The molecule has 0 fully saturated rings. The molecule has 0 aliphatic carbocycles. The molecular formula is C21H18ClN5O5S. The van der Waals surface area contributed by atoms with Gasteiger partial charge in [0.1, 0.15) is 17.0 Å². The van der Waals surface area contributed by atoms with Gasteiger partial charge in [-0.25, -0.2) is 12.7 Å². The van der Waals surface area contributed by atoms with Gasteiger partial charge in [0.15, 0.2) is 0 Å². The van der Waals surface area contributed by atoms with Crippen molar-refractivity contribution in [2.24, 2.45) is 0 Å². The quantitative estimate of drug-likeness (QED) is 0.433. The van der Waals surface area contributed by atoms with Crippen molar-refractivity contribution in [2.75, 3.05) is 19.4 Å². The highest BCUT2D eigenvalue weighted by atomic mass is 35.5. The molecule has 0 radical (unpaired) electrons. The van der Waals surface area contributed by atoms with Gasteiger partial charge in [-0.05, 0) is 37.3 Å². The number of rotatable bonds is 6. The van der Waals surface area contributed by atoms with E-state index in [4.69, 9.17) is 20.5 Å². The molecule has 0 saturated heterocycles. The molecule has 0 unspecified atom stereocenters.